The summed E-state index contributed by atoms with van der Waals surface area (Å²) in [7, 11) is -3.62. The summed E-state index contributed by atoms with van der Waals surface area (Å²) < 4.78 is 27.1. The van der Waals surface area contributed by atoms with E-state index in [-0.39, 0.29) is 29.2 Å². The Morgan fingerprint density at radius 3 is 2.23 bits per heavy atom. The normalized spacial score (nSPS) is 12.0. The molecule has 0 saturated carbocycles. The average molecular weight is 375 g/mol. The number of aromatic nitrogens is 1. The molecule has 0 saturated heterocycles. The molecule has 0 fully saturated rings. The van der Waals surface area contributed by atoms with E-state index in [0.717, 1.165) is 11.1 Å². The summed E-state index contributed by atoms with van der Waals surface area (Å²) in [6, 6.07) is 10.4. The molecular weight excluding hydrogens is 350 g/mol. The van der Waals surface area contributed by atoms with Crippen LogP contribution in [0.2, 0.25) is 0 Å². The van der Waals surface area contributed by atoms with E-state index in [1.54, 1.807) is 24.5 Å². The third-order valence-corrected chi connectivity index (χ3v) is 5.39. The molecule has 0 bridgehead atoms. The lowest BCUT2D eigenvalue weighted by Crippen LogP contribution is -2.30. The Labute approximate surface area is 155 Å². The zero-order valence-electron chi connectivity index (χ0n) is 15.3. The van der Waals surface area contributed by atoms with E-state index in [4.69, 9.17) is 0 Å². The van der Waals surface area contributed by atoms with Crippen molar-refractivity contribution >= 4 is 15.9 Å². The number of hydrogen-bond donors (Lipinski definition) is 2. The molecule has 2 aromatic rings. The summed E-state index contributed by atoms with van der Waals surface area (Å²) in [6.45, 7) is 6.64. The lowest BCUT2D eigenvalue weighted by molar-refractivity contribution is -0.121. The molecule has 1 amide bonds. The van der Waals surface area contributed by atoms with Crippen LogP contribution in [0.4, 0.5) is 0 Å². The Hall–Kier alpha value is -2.25. The molecule has 0 aliphatic heterocycles. The van der Waals surface area contributed by atoms with E-state index in [2.05, 4.69) is 35.8 Å². The topological polar surface area (TPSA) is 88.2 Å². The van der Waals surface area contributed by atoms with Crippen molar-refractivity contribution in [1.29, 1.82) is 0 Å². The zero-order chi connectivity index (χ0) is 19.2. The van der Waals surface area contributed by atoms with E-state index in [1.807, 2.05) is 24.3 Å². The van der Waals surface area contributed by atoms with Gasteiger partial charge in [0.1, 0.15) is 0 Å². The molecule has 6 nitrogen and oxygen atoms in total. The number of carbonyl (C=O) groups is 1. The summed E-state index contributed by atoms with van der Waals surface area (Å²) in [5.74, 6) is -0.215. The average Bonchev–Trinajstić information content (AvgIpc) is 2.60. The molecule has 1 aromatic heterocycles. The summed E-state index contributed by atoms with van der Waals surface area (Å²) in [6.07, 6.45) is 3.38. The van der Waals surface area contributed by atoms with Gasteiger partial charge < -0.3 is 5.32 Å². The Kier molecular flexibility index (Phi) is 6.50. The highest BCUT2D eigenvalue weighted by Gasteiger charge is 2.17. The smallest absolute Gasteiger partial charge is 0.240 e. The standard InChI is InChI=1S/C19H25N3O3S/c1-19(2,3)16-4-6-17(7-5-16)26(24,25)22-13-10-18(23)21-14-15-8-11-20-12-9-15/h4-9,11-12,22H,10,13-14H2,1-3H3,(H,21,23). The molecule has 0 atom stereocenters. The maximum atomic E-state index is 12.3. The molecule has 0 aliphatic carbocycles. The second kappa shape index (κ2) is 8.42. The highest BCUT2D eigenvalue weighted by Crippen LogP contribution is 2.23. The summed E-state index contributed by atoms with van der Waals surface area (Å²) in [5.41, 5.74) is 1.96. The van der Waals surface area contributed by atoms with Gasteiger partial charge in [0.05, 0.1) is 4.90 Å². The fourth-order valence-electron chi connectivity index (χ4n) is 2.31. The number of pyridine rings is 1. The van der Waals surface area contributed by atoms with Gasteiger partial charge in [-0.2, -0.15) is 0 Å². The van der Waals surface area contributed by atoms with Gasteiger partial charge in [-0.3, -0.25) is 9.78 Å². The molecule has 0 aliphatic rings. The first-order valence-electron chi connectivity index (χ1n) is 8.44. The van der Waals surface area contributed by atoms with Crippen molar-refractivity contribution in [2.75, 3.05) is 6.54 Å². The predicted molar refractivity (Wildman–Crippen MR) is 101 cm³/mol. The maximum Gasteiger partial charge on any atom is 0.240 e. The molecule has 0 radical (unpaired) electrons. The van der Waals surface area contributed by atoms with Gasteiger partial charge in [-0.15, -0.1) is 0 Å². The third-order valence-electron chi connectivity index (χ3n) is 3.91. The molecule has 7 heteroatoms. The van der Waals surface area contributed by atoms with Gasteiger partial charge in [-0.1, -0.05) is 32.9 Å². The van der Waals surface area contributed by atoms with Gasteiger partial charge in [0, 0.05) is 31.9 Å². The molecule has 2 N–H and O–H groups in total. The van der Waals surface area contributed by atoms with Gasteiger partial charge in [-0.25, -0.2) is 13.1 Å². The van der Waals surface area contributed by atoms with Crippen LogP contribution in [0.15, 0.2) is 53.7 Å². The van der Waals surface area contributed by atoms with Gasteiger partial charge in [-0.05, 0) is 40.8 Å². The minimum Gasteiger partial charge on any atom is -0.352 e. The van der Waals surface area contributed by atoms with E-state index in [0.29, 0.717) is 6.54 Å². The Morgan fingerprint density at radius 1 is 1.04 bits per heavy atom. The fourth-order valence-corrected chi connectivity index (χ4v) is 3.34. The Morgan fingerprint density at radius 2 is 1.65 bits per heavy atom. The monoisotopic (exact) mass is 375 g/mol. The van der Waals surface area contributed by atoms with Crippen LogP contribution in [-0.2, 0) is 26.8 Å². The number of carbonyl (C=O) groups excluding carboxylic acids is 1. The minimum atomic E-state index is -3.62. The van der Waals surface area contributed by atoms with Crippen molar-refractivity contribution < 1.29 is 13.2 Å². The van der Waals surface area contributed by atoms with Gasteiger partial charge in [0.15, 0.2) is 0 Å². The molecule has 1 aromatic carbocycles. The number of amides is 1. The molecular formula is C19H25N3O3S. The molecule has 1 heterocycles. The second-order valence-corrected chi connectivity index (χ2v) is 8.82. The predicted octanol–water partition coefficient (Wildman–Crippen LogP) is 2.36. The van der Waals surface area contributed by atoms with Crippen LogP contribution >= 0.6 is 0 Å². The van der Waals surface area contributed by atoms with E-state index in [1.165, 1.54) is 0 Å². The van der Waals surface area contributed by atoms with Crippen molar-refractivity contribution in [2.45, 2.75) is 44.0 Å². The third kappa shape index (κ3) is 5.93. The number of sulfonamides is 1. The molecule has 2 rings (SSSR count). The Balaban J connectivity index is 1.83. The van der Waals surface area contributed by atoms with Gasteiger partial charge in [0.2, 0.25) is 15.9 Å². The molecule has 26 heavy (non-hydrogen) atoms. The van der Waals surface area contributed by atoms with Crippen LogP contribution < -0.4 is 10.0 Å². The lowest BCUT2D eigenvalue weighted by atomic mass is 9.87. The number of rotatable bonds is 7. The minimum absolute atomic E-state index is 0.0391. The van der Waals surface area contributed by atoms with Crippen molar-refractivity contribution in [1.82, 2.24) is 15.0 Å². The van der Waals surface area contributed by atoms with Crippen molar-refractivity contribution in [3.63, 3.8) is 0 Å². The first-order chi connectivity index (χ1) is 12.2. The SMILES string of the molecule is CC(C)(C)c1ccc(S(=O)(=O)NCCC(=O)NCc2ccncc2)cc1. The van der Waals surface area contributed by atoms with Crippen LogP contribution in [-0.4, -0.2) is 25.9 Å². The summed E-state index contributed by atoms with van der Waals surface area (Å²) in [4.78, 5) is 15.9. The summed E-state index contributed by atoms with van der Waals surface area (Å²) in [5, 5.41) is 2.75. The molecule has 0 unspecified atom stereocenters. The quantitative estimate of drug-likeness (QED) is 0.778. The van der Waals surface area contributed by atoms with Crippen molar-refractivity contribution in [3.05, 3.63) is 59.9 Å². The molecule has 140 valence electrons. The molecule has 0 spiro atoms. The largest absolute Gasteiger partial charge is 0.352 e. The van der Waals surface area contributed by atoms with E-state index in [9.17, 15) is 13.2 Å². The van der Waals surface area contributed by atoms with Crippen LogP contribution in [0.25, 0.3) is 0 Å². The van der Waals surface area contributed by atoms with Crippen LogP contribution in [0.1, 0.15) is 38.3 Å². The van der Waals surface area contributed by atoms with Crippen LogP contribution in [0, 0.1) is 0 Å². The van der Waals surface area contributed by atoms with Gasteiger partial charge in [0.25, 0.3) is 0 Å². The van der Waals surface area contributed by atoms with E-state index < -0.39 is 10.0 Å². The van der Waals surface area contributed by atoms with Crippen LogP contribution in [0.3, 0.4) is 0 Å². The highest BCUT2D eigenvalue weighted by atomic mass is 32.2. The Bertz CT molecular complexity index is 827. The second-order valence-electron chi connectivity index (χ2n) is 7.05. The first kappa shape index (κ1) is 20.1. The number of nitrogens with zero attached hydrogens (tertiary/aromatic N) is 1. The summed E-state index contributed by atoms with van der Waals surface area (Å²) >= 11 is 0. The maximum absolute atomic E-state index is 12.3. The zero-order valence-corrected chi connectivity index (χ0v) is 16.1. The van der Waals surface area contributed by atoms with Crippen molar-refractivity contribution in [3.8, 4) is 0 Å². The van der Waals surface area contributed by atoms with Gasteiger partial charge >= 0.3 is 0 Å². The van der Waals surface area contributed by atoms with E-state index >= 15 is 0 Å². The van der Waals surface area contributed by atoms with Crippen molar-refractivity contribution in [2.24, 2.45) is 0 Å². The number of hydrogen-bond acceptors (Lipinski definition) is 4. The number of benzene rings is 1. The fraction of sp³-hybridized carbons (Fsp3) is 0.368. The first-order valence-corrected chi connectivity index (χ1v) is 9.92. The lowest BCUT2D eigenvalue weighted by Gasteiger charge is -2.19. The number of nitrogens with one attached hydrogen (secondary N) is 2. The highest BCUT2D eigenvalue weighted by molar-refractivity contribution is 7.89. The van der Waals surface area contributed by atoms with Crippen LogP contribution in [0.5, 0.6) is 0 Å².